The van der Waals surface area contributed by atoms with Crippen LogP contribution in [0.3, 0.4) is 0 Å². The van der Waals surface area contributed by atoms with Crippen LogP contribution in [0.4, 0.5) is 0 Å². The lowest BCUT2D eigenvalue weighted by Gasteiger charge is -2.10. The largest absolute Gasteiger partial charge is 0.0581 e. The van der Waals surface area contributed by atoms with Gasteiger partial charge in [0.25, 0.3) is 0 Å². The average molecular weight is 192 g/mol. The van der Waals surface area contributed by atoms with E-state index in [-0.39, 0.29) is 0 Å². The summed E-state index contributed by atoms with van der Waals surface area (Å²) in [5.41, 5.74) is 2.40. The molecule has 0 aliphatic carbocycles. The Morgan fingerprint density at radius 3 is 2.33 bits per heavy atom. The van der Waals surface area contributed by atoms with Crippen molar-refractivity contribution in [2.45, 2.75) is 19.3 Å². The monoisotopic (exact) mass is 192 g/mol. The quantitative estimate of drug-likeness (QED) is 0.700. The normalized spacial score (nSPS) is 12.3. The van der Waals surface area contributed by atoms with Gasteiger partial charge in [-0.3, -0.25) is 0 Å². The van der Waals surface area contributed by atoms with Gasteiger partial charge in [0.2, 0.25) is 0 Å². The van der Waals surface area contributed by atoms with Gasteiger partial charge in [-0.25, -0.2) is 0 Å². The first-order chi connectivity index (χ1) is 7.36. The van der Waals surface area contributed by atoms with Crippen LogP contribution in [0.5, 0.6) is 0 Å². The molecule has 2 rings (SSSR count). The van der Waals surface area contributed by atoms with Crippen molar-refractivity contribution in [3.8, 4) is 0 Å². The fraction of sp³-hybridized carbons (Fsp3) is 0.200. The first kappa shape index (κ1) is 9.97. The summed E-state index contributed by atoms with van der Waals surface area (Å²) in [6.07, 6.45) is 0.978. The summed E-state index contributed by atoms with van der Waals surface area (Å²) < 4.78 is 0. The third-order valence-corrected chi connectivity index (χ3v) is 2.43. The Hall–Kier alpha value is -1.56. The van der Waals surface area contributed by atoms with Crippen LogP contribution in [0.2, 0.25) is 0 Å². The van der Waals surface area contributed by atoms with Crippen LogP contribution in [0.15, 0.2) is 36.4 Å². The van der Waals surface area contributed by atoms with Crippen molar-refractivity contribution in [1.82, 2.24) is 0 Å². The van der Waals surface area contributed by atoms with Crippen LogP contribution >= 0.6 is 0 Å². The fourth-order valence-corrected chi connectivity index (χ4v) is 1.59. The van der Waals surface area contributed by atoms with Crippen molar-refractivity contribution in [3.05, 3.63) is 71.8 Å². The van der Waals surface area contributed by atoms with E-state index in [0.29, 0.717) is 5.92 Å². The van der Waals surface area contributed by atoms with E-state index >= 15 is 0 Å². The molecule has 2 aromatic carbocycles. The van der Waals surface area contributed by atoms with Gasteiger partial charge in [0.15, 0.2) is 0 Å². The Morgan fingerprint density at radius 1 is 1.00 bits per heavy atom. The third-order valence-electron chi connectivity index (χ3n) is 2.43. The Morgan fingerprint density at radius 2 is 1.73 bits per heavy atom. The predicted octanol–water partition coefficient (Wildman–Crippen LogP) is 3.23. The molecule has 15 heavy (non-hydrogen) atoms. The van der Waals surface area contributed by atoms with Gasteiger partial charge in [-0.2, -0.15) is 0 Å². The minimum Gasteiger partial charge on any atom is -0.0581 e. The van der Waals surface area contributed by atoms with E-state index in [2.05, 4.69) is 31.2 Å². The van der Waals surface area contributed by atoms with Crippen molar-refractivity contribution < 1.29 is 0 Å². The minimum absolute atomic E-state index is 0.453. The lowest BCUT2D eigenvalue weighted by Crippen LogP contribution is -1.98. The van der Waals surface area contributed by atoms with Crippen molar-refractivity contribution in [2.24, 2.45) is 0 Å². The van der Waals surface area contributed by atoms with Gasteiger partial charge in [-0.05, 0) is 47.7 Å². The average Bonchev–Trinajstić information content (AvgIpc) is 2.31. The SMILES string of the molecule is CC(Cc1[c]cc[c]c1)c1[c]cc[c]c1. The smallest absolute Gasteiger partial charge is 0.0143 e. The summed E-state index contributed by atoms with van der Waals surface area (Å²) in [6, 6.07) is 24.1. The van der Waals surface area contributed by atoms with Crippen LogP contribution in [0.1, 0.15) is 24.0 Å². The predicted molar refractivity (Wildman–Crippen MR) is 60.3 cm³/mol. The van der Waals surface area contributed by atoms with E-state index in [0.717, 1.165) is 6.42 Å². The molecular formula is C15H12. The van der Waals surface area contributed by atoms with Crippen LogP contribution in [0.25, 0.3) is 0 Å². The van der Waals surface area contributed by atoms with Crippen molar-refractivity contribution in [3.63, 3.8) is 0 Å². The molecule has 0 spiro atoms. The standard InChI is InChI=1S/C15H12/c1-13(15-10-6-3-7-11-15)12-14-8-4-2-5-9-14/h2-4,6,9,11,13H,12H2,1H3. The summed E-state index contributed by atoms with van der Waals surface area (Å²) >= 11 is 0. The number of hydrogen-bond acceptors (Lipinski definition) is 0. The molecule has 0 aromatic heterocycles. The molecule has 1 unspecified atom stereocenters. The van der Waals surface area contributed by atoms with Crippen molar-refractivity contribution in [2.75, 3.05) is 0 Å². The lowest BCUT2D eigenvalue weighted by atomic mass is 9.94. The molecule has 0 bridgehead atoms. The van der Waals surface area contributed by atoms with Gasteiger partial charge < -0.3 is 0 Å². The van der Waals surface area contributed by atoms with Crippen LogP contribution in [-0.2, 0) is 6.42 Å². The second-order valence-electron chi connectivity index (χ2n) is 3.66. The summed E-state index contributed by atoms with van der Waals surface area (Å²) in [6.45, 7) is 2.19. The van der Waals surface area contributed by atoms with E-state index in [1.54, 1.807) is 0 Å². The zero-order chi connectivity index (χ0) is 10.5. The van der Waals surface area contributed by atoms with Crippen molar-refractivity contribution in [1.29, 1.82) is 0 Å². The first-order valence-corrected chi connectivity index (χ1v) is 5.10. The zero-order valence-corrected chi connectivity index (χ0v) is 8.75. The van der Waals surface area contributed by atoms with Gasteiger partial charge in [0, 0.05) is 0 Å². The van der Waals surface area contributed by atoms with Gasteiger partial charge in [0.1, 0.15) is 0 Å². The molecule has 0 saturated heterocycles. The summed E-state index contributed by atoms with van der Waals surface area (Å²) in [5.74, 6) is 0.453. The number of hydrogen-bond donors (Lipinski definition) is 0. The molecule has 0 aliphatic heterocycles. The zero-order valence-electron chi connectivity index (χ0n) is 8.75. The van der Waals surface area contributed by atoms with Crippen LogP contribution < -0.4 is 0 Å². The minimum atomic E-state index is 0.453. The molecule has 0 aliphatic rings. The Balaban J connectivity index is 2.08. The molecule has 0 nitrogen and oxygen atoms in total. The molecule has 72 valence electrons. The van der Waals surface area contributed by atoms with E-state index < -0.39 is 0 Å². The highest BCUT2D eigenvalue weighted by Crippen LogP contribution is 2.18. The maximum atomic E-state index is 3.23. The second kappa shape index (κ2) is 4.79. The summed E-state index contributed by atoms with van der Waals surface area (Å²) in [4.78, 5) is 0. The molecular weight excluding hydrogens is 180 g/mol. The van der Waals surface area contributed by atoms with Gasteiger partial charge in [0.05, 0.1) is 0 Å². The first-order valence-electron chi connectivity index (χ1n) is 5.10. The molecule has 0 heterocycles. The highest BCUT2D eigenvalue weighted by atomic mass is 14.1. The maximum Gasteiger partial charge on any atom is -0.0143 e. The van der Waals surface area contributed by atoms with Crippen molar-refractivity contribution >= 4 is 0 Å². The topological polar surface area (TPSA) is 0 Å². The van der Waals surface area contributed by atoms with Crippen LogP contribution in [0, 0.1) is 24.3 Å². The lowest BCUT2D eigenvalue weighted by molar-refractivity contribution is 0.757. The second-order valence-corrected chi connectivity index (χ2v) is 3.66. The van der Waals surface area contributed by atoms with Gasteiger partial charge in [-0.1, -0.05) is 43.3 Å². The molecule has 1 atom stereocenters. The fourth-order valence-electron chi connectivity index (χ4n) is 1.59. The summed E-state index contributed by atoms with van der Waals surface area (Å²) in [5, 5.41) is 0. The Bertz CT molecular complexity index is 389. The molecule has 0 N–H and O–H groups in total. The number of benzene rings is 2. The molecule has 0 amide bonds. The molecule has 0 fully saturated rings. The Kier molecular flexibility index (Phi) is 3.18. The third kappa shape index (κ3) is 2.69. The summed E-state index contributed by atoms with van der Waals surface area (Å²) in [7, 11) is 0. The highest BCUT2D eigenvalue weighted by Gasteiger charge is 2.05. The van der Waals surface area contributed by atoms with E-state index in [1.807, 2.05) is 36.4 Å². The molecule has 0 heteroatoms. The van der Waals surface area contributed by atoms with E-state index in [9.17, 15) is 0 Å². The molecule has 2 aromatic rings. The van der Waals surface area contributed by atoms with Crippen LogP contribution in [-0.4, -0.2) is 0 Å². The molecule has 0 saturated carbocycles. The number of rotatable bonds is 3. The van der Waals surface area contributed by atoms with E-state index in [1.165, 1.54) is 11.1 Å². The van der Waals surface area contributed by atoms with Gasteiger partial charge >= 0.3 is 0 Å². The molecule has 4 radical (unpaired) electrons. The highest BCUT2D eigenvalue weighted by molar-refractivity contribution is 5.21. The van der Waals surface area contributed by atoms with E-state index in [4.69, 9.17) is 0 Å². The van der Waals surface area contributed by atoms with Gasteiger partial charge in [-0.15, -0.1) is 0 Å². The maximum absolute atomic E-state index is 3.23. The Labute approximate surface area is 91.6 Å².